The Bertz CT molecular complexity index is 432. The first-order chi connectivity index (χ1) is 9.58. The summed E-state index contributed by atoms with van der Waals surface area (Å²) in [7, 11) is 1.55. The number of amides is 1. The highest BCUT2D eigenvalue weighted by Gasteiger charge is 2.12. The van der Waals surface area contributed by atoms with Crippen LogP contribution in [0, 0.1) is 0 Å². The summed E-state index contributed by atoms with van der Waals surface area (Å²) in [5.74, 6) is 0.915. The molecular weight excluding hydrogens is 258 g/mol. The Morgan fingerprint density at radius 3 is 2.80 bits per heavy atom. The number of carbonyl (C=O) groups excluding carboxylic acids is 1. The van der Waals surface area contributed by atoms with Crippen LogP contribution in [-0.4, -0.2) is 31.3 Å². The topological polar surface area (TPSA) is 67.8 Å². The molecule has 0 spiro atoms. The van der Waals surface area contributed by atoms with E-state index >= 15 is 0 Å². The maximum Gasteiger partial charge on any atom is 0.257 e. The van der Waals surface area contributed by atoms with Crippen LogP contribution in [0.1, 0.15) is 38.4 Å². The van der Waals surface area contributed by atoms with E-state index in [1.165, 1.54) is 0 Å². The SMILES string of the molecule is CCCCNC(=O)COc1cc(OC)ccc1[C@@H](C)O. The number of ether oxygens (including phenoxy) is 2. The zero-order valence-electron chi connectivity index (χ0n) is 12.3. The summed E-state index contributed by atoms with van der Waals surface area (Å²) in [6.45, 7) is 4.29. The molecule has 0 aromatic heterocycles. The quantitative estimate of drug-likeness (QED) is 0.716. The number of hydrogen-bond donors (Lipinski definition) is 2. The molecule has 20 heavy (non-hydrogen) atoms. The third-order valence-corrected chi connectivity index (χ3v) is 2.88. The highest BCUT2D eigenvalue weighted by Crippen LogP contribution is 2.29. The van der Waals surface area contributed by atoms with Gasteiger partial charge in [0.1, 0.15) is 11.5 Å². The van der Waals surface area contributed by atoms with Crippen LogP contribution in [0.15, 0.2) is 18.2 Å². The van der Waals surface area contributed by atoms with Gasteiger partial charge < -0.3 is 19.9 Å². The van der Waals surface area contributed by atoms with Gasteiger partial charge >= 0.3 is 0 Å². The molecule has 0 unspecified atom stereocenters. The van der Waals surface area contributed by atoms with Crippen LogP contribution in [0.4, 0.5) is 0 Å². The molecule has 0 aliphatic carbocycles. The number of unbranched alkanes of at least 4 members (excludes halogenated alkanes) is 1. The van der Waals surface area contributed by atoms with Gasteiger partial charge in [0.25, 0.3) is 5.91 Å². The van der Waals surface area contributed by atoms with Crippen LogP contribution in [0.5, 0.6) is 11.5 Å². The second-order valence-electron chi connectivity index (χ2n) is 4.57. The summed E-state index contributed by atoms with van der Waals surface area (Å²) in [5.41, 5.74) is 0.632. The van der Waals surface area contributed by atoms with Gasteiger partial charge in [-0.2, -0.15) is 0 Å². The largest absolute Gasteiger partial charge is 0.497 e. The number of hydrogen-bond acceptors (Lipinski definition) is 4. The minimum atomic E-state index is -0.668. The lowest BCUT2D eigenvalue weighted by molar-refractivity contribution is -0.123. The number of methoxy groups -OCH3 is 1. The monoisotopic (exact) mass is 281 g/mol. The maximum absolute atomic E-state index is 11.6. The summed E-state index contributed by atoms with van der Waals surface area (Å²) in [6, 6.07) is 5.14. The van der Waals surface area contributed by atoms with Gasteiger partial charge in [0.2, 0.25) is 0 Å². The summed E-state index contributed by atoms with van der Waals surface area (Å²) >= 11 is 0. The van der Waals surface area contributed by atoms with Crippen molar-refractivity contribution in [1.29, 1.82) is 0 Å². The van der Waals surface area contributed by atoms with Gasteiger partial charge in [-0.1, -0.05) is 13.3 Å². The van der Waals surface area contributed by atoms with Crippen molar-refractivity contribution < 1.29 is 19.4 Å². The first kappa shape index (κ1) is 16.3. The summed E-state index contributed by atoms with van der Waals surface area (Å²) in [5, 5.41) is 12.5. The zero-order valence-corrected chi connectivity index (χ0v) is 12.3. The maximum atomic E-state index is 11.6. The van der Waals surface area contributed by atoms with Crippen LogP contribution in [0.2, 0.25) is 0 Å². The first-order valence-corrected chi connectivity index (χ1v) is 6.84. The Kier molecular flexibility index (Phi) is 6.87. The molecule has 1 aromatic carbocycles. The molecule has 1 rings (SSSR count). The Morgan fingerprint density at radius 1 is 1.45 bits per heavy atom. The third kappa shape index (κ3) is 5.09. The van der Waals surface area contributed by atoms with E-state index in [9.17, 15) is 9.90 Å². The van der Waals surface area contributed by atoms with Crippen molar-refractivity contribution in [2.75, 3.05) is 20.3 Å². The number of benzene rings is 1. The smallest absolute Gasteiger partial charge is 0.257 e. The molecule has 5 heteroatoms. The van der Waals surface area contributed by atoms with E-state index in [-0.39, 0.29) is 12.5 Å². The molecule has 1 amide bonds. The van der Waals surface area contributed by atoms with E-state index in [2.05, 4.69) is 12.2 Å². The highest BCUT2D eigenvalue weighted by atomic mass is 16.5. The number of aliphatic hydroxyl groups excluding tert-OH is 1. The summed E-state index contributed by atoms with van der Waals surface area (Å²) in [6.07, 6.45) is 1.31. The third-order valence-electron chi connectivity index (χ3n) is 2.88. The van der Waals surface area contributed by atoms with E-state index in [0.717, 1.165) is 12.8 Å². The molecule has 0 radical (unpaired) electrons. The van der Waals surface area contributed by atoms with E-state index in [1.807, 2.05) is 0 Å². The predicted octanol–water partition coefficient (Wildman–Crippen LogP) is 2.04. The van der Waals surface area contributed by atoms with Gasteiger partial charge in [-0.05, 0) is 25.5 Å². The Morgan fingerprint density at radius 2 is 2.20 bits per heavy atom. The van der Waals surface area contributed by atoms with Gasteiger partial charge in [-0.3, -0.25) is 4.79 Å². The molecule has 0 fully saturated rings. The van der Waals surface area contributed by atoms with Crippen molar-refractivity contribution in [3.05, 3.63) is 23.8 Å². The van der Waals surface area contributed by atoms with E-state index in [1.54, 1.807) is 32.2 Å². The van der Waals surface area contributed by atoms with E-state index in [4.69, 9.17) is 9.47 Å². The summed E-state index contributed by atoms with van der Waals surface area (Å²) < 4.78 is 10.6. The minimum absolute atomic E-state index is 0.0728. The van der Waals surface area contributed by atoms with Gasteiger partial charge in [0.15, 0.2) is 6.61 Å². The van der Waals surface area contributed by atoms with Crippen LogP contribution < -0.4 is 14.8 Å². The fourth-order valence-corrected chi connectivity index (χ4v) is 1.71. The van der Waals surface area contributed by atoms with Gasteiger partial charge in [-0.25, -0.2) is 0 Å². The Labute approximate surface area is 119 Å². The van der Waals surface area contributed by atoms with E-state index in [0.29, 0.717) is 23.6 Å². The normalized spacial score (nSPS) is 11.8. The lowest BCUT2D eigenvalue weighted by Crippen LogP contribution is -2.29. The Hall–Kier alpha value is -1.75. The fourth-order valence-electron chi connectivity index (χ4n) is 1.71. The molecule has 0 saturated carbocycles. The standard InChI is InChI=1S/C15H23NO4/c1-4-5-8-16-15(18)10-20-14-9-12(19-3)6-7-13(14)11(2)17/h6-7,9,11,17H,4-5,8,10H2,1-3H3,(H,16,18)/t11-/m1/s1. The van der Waals surface area contributed by atoms with Crippen molar-refractivity contribution in [2.24, 2.45) is 0 Å². The van der Waals surface area contributed by atoms with Crippen molar-refractivity contribution in [3.8, 4) is 11.5 Å². The zero-order chi connectivity index (χ0) is 15.0. The predicted molar refractivity (Wildman–Crippen MR) is 77.0 cm³/mol. The molecule has 0 aliphatic heterocycles. The van der Waals surface area contributed by atoms with Crippen molar-refractivity contribution in [2.45, 2.75) is 32.8 Å². The molecule has 112 valence electrons. The lowest BCUT2D eigenvalue weighted by Gasteiger charge is -2.14. The highest BCUT2D eigenvalue weighted by molar-refractivity contribution is 5.77. The molecular formula is C15H23NO4. The first-order valence-electron chi connectivity index (χ1n) is 6.84. The fraction of sp³-hybridized carbons (Fsp3) is 0.533. The molecule has 5 nitrogen and oxygen atoms in total. The van der Waals surface area contributed by atoms with Gasteiger partial charge in [-0.15, -0.1) is 0 Å². The molecule has 0 aliphatic rings. The number of rotatable bonds is 8. The number of aliphatic hydroxyl groups is 1. The lowest BCUT2D eigenvalue weighted by atomic mass is 10.1. The molecule has 2 N–H and O–H groups in total. The molecule has 0 saturated heterocycles. The van der Waals surface area contributed by atoms with Crippen molar-refractivity contribution in [1.82, 2.24) is 5.32 Å². The average molecular weight is 281 g/mol. The second kappa shape index (κ2) is 8.43. The van der Waals surface area contributed by atoms with Gasteiger partial charge in [0, 0.05) is 18.2 Å². The average Bonchev–Trinajstić information content (AvgIpc) is 2.44. The van der Waals surface area contributed by atoms with Gasteiger partial charge in [0.05, 0.1) is 13.2 Å². The van der Waals surface area contributed by atoms with Crippen LogP contribution in [0.25, 0.3) is 0 Å². The van der Waals surface area contributed by atoms with Crippen molar-refractivity contribution in [3.63, 3.8) is 0 Å². The second-order valence-corrected chi connectivity index (χ2v) is 4.57. The molecule has 0 heterocycles. The molecule has 1 atom stereocenters. The summed E-state index contributed by atoms with van der Waals surface area (Å²) in [4.78, 5) is 11.6. The molecule has 0 bridgehead atoms. The van der Waals surface area contributed by atoms with Crippen molar-refractivity contribution >= 4 is 5.91 Å². The minimum Gasteiger partial charge on any atom is -0.497 e. The van der Waals surface area contributed by atoms with Crippen LogP contribution >= 0.6 is 0 Å². The number of carbonyl (C=O) groups is 1. The van der Waals surface area contributed by atoms with E-state index < -0.39 is 6.10 Å². The Balaban J connectivity index is 2.63. The number of nitrogens with one attached hydrogen (secondary N) is 1. The van der Waals surface area contributed by atoms with Crippen LogP contribution in [0.3, 0.4) is 0 Å². The molecule has 1 aromatic rings. The van der Waals surface area contributed by atoms with Crippen LogP contribution in [-0.2, 0) is 4.79 Å².